The van der Waals surface area contributed by atoms with Crippen LogP contribution in [0.3, 0.4) is 0 Å². The van der Waals surface area contributed by atoms with Crippen molar-refractivity contribution in [3.05, 3.63) is 51.7 Å². The molecule has 0 aliphatic rings. The molecule has 1 aromatic heterocycles. The van der Waals surface area contributed by atoms with Crippen LogP contribution in [0.2, 0.25) is 0 Å². The second kappa shape index (κ2) is 15.2. The largest absolute Gasteiger partial charge is 0.493 e. The number of ether oxygens (including phenoxy) is 3. The Morgan fingerprint density at radius 1 is 0.816 bits per heavy atom. The van der Waals surface area contributed by atoms with Gasteiger partial charge in [-0.3, -0.25) is 9.59 Å². The second-order valence-corrected chi connectivity index (χ2v) is 9.41. The van der Waals surface area contributed by atoms with Crippen LogP contribution >= 0.6 is 0 Å². The lowest BCUT2D eigenvalue weighted by molar-refractivity contribution is -0.143. The van der Waals surface area contributed by atoms with Crippen LogP contribution in [0.1, 0.15) is 94.5 Å². The number of benzene rings is 2. The molecule has 0 saturated heterocycles. The van der Waals surface area contributed by atoms with E-state index in [9.17, 15) is 14.4 Å². The molecule has 0 unspecified atom stereocenters. The van der Waals surface area contributed by atoms with Crippen LogP contribution in [0.25, 0.3) is 21.9 Å². The first-order valence-electron chi connectivity index (χ1n) is 14.0. The third-order valence-corrected chi connectivity index (χ3v) is 6.55. The van der Waals surface area contributed by atoms with Crippen molar-refractivity contribution in [3.8, 4) is 5.75 Å². The monoisotopic (exact) mass is 524 g/mol. The van der Waals surface area contributed by atoms with Crippen LogP contribution < -0.4 is 10.2 Å². The molecule has 7 heteroatoms. The minimum atomic E-state index is -0.492. The second-order valence-electron chi connectivity index (χ2n) is 9.41. The minimum absolute atomic E-state index is 0.143. The lowest BCUT2D eigenvalue weighted by atomic mass is 10.0. The summed E-state index contributed by atoms with van der Waals surface area (Å²) in [5.74, 6) is -0.204. The van der Waals surface area contributed by atoms with E-state index in [2.05, 4.69) is 6.92 Å². The molecule has 0 amide bonds. The molecule has 2 aromatic carbocycles. The zero-order chi connectivity index (χ0) is 27.3. The predicted molar refractivity (Wildman–Crippen MR) is 149 cm³/mol. The zero-order valence-electron chi connectivity index (χ0n) is 22.9. The maximum absolute atomic E-state index is 13.4. The van der Waals surface area contributed by atoms with E-state index in [-0.39, 0.29) is 24.4 Å². The average molecular weight is 525 g/mol. The molecule has 0 spiro atoms. The molecule has 0 N–H and O–H groups in total. The van der Waals surface area contributed by atoms with Crippen molar-refractivity contribution in [1.82, 2.24) is 0 Å². The fourth-order valence-electron chi connectivity index (χ4n) is 4.55. The van der Waals surface area contributed by atoms with Crippen LogP contribution in [0.15, 0.2) is 39.5 Å². The number of hydrogen-bond acceptors (Lipinski definition) is 7. The van der Waals surface area contributed by atoms with Gasteiger partial charge in [-0.15, -0.1) is 0 Å². The molecule has 3 aromatic rings. The molecule has 206 valence electrons. The van der Waals surface area contributed by atoms with Crippen molar-refractivity contribution in [1.29, 1.82) is 0 Å². The fraction of sp³-hybridized carbons (Fsp3) is 0.516. The van der Waals surface area contributed by atoms with Gasteiger partial charge in [-0.2, -0.15) is 0 Å². The van der Waals surface area contributed by atoms with Gasteiger partial charge in [0.2, 0.25) is 5.43 Å². The summed E-state index contributed by atoms with van der Waals surface area (Å²) in [6, 6.07) is 8.14. The van der Waals surface area contributed by atoms with Gasteiger partial charge in [0.25, 0.3) is 0 Å². The van der Waals surface area contributed by atoms with Gasteiger partial charge in [0, 0.05) is 12.0 Å². The Balaban J connectivity index is 1.85. The third kappa shape index (κ3) is 7.83. The molecule has 0 atom stereocenters. The third-order valence-electron chi connectivity index (χ3n) is 6.55. The topological polar surface area (TPSA) is 92.0 Å². The van der Waals surface area contributed by atoms with E-state index < -0.39 is 5.97 Å². The summed E-state index contributed by atoms with van der Waals surface area (Å²) in [7, 11) is 0. The van der Waals surface area contributed by atoms with Crippen molar-refractivity contribution in [2.75, 3.05) is 19.8 Å². The maximum Gasteiger partial charge on any atom is 0.338 e. The molecular formula is C31H40O7. The van der Waals surface area contributed by atoms with E-state index in [1.165, 1.54) is 44.6 Å². The van der Waals surface area contributed by atoms with E-state index in [0.29, 0.717) is 58.4 Å². The Kier molecular flexibility index (Phi) is 11.7. The number of aryl methyl sites for hydroxylation is 1. The number of rotatable bonds is 16. The lowest BCUT2D eigenvalue weighted by Gasteiger charge is -2.14. The average Bonchev–Trinajstić information content (AvgIpc) is 2.91. The molecule has 0 fully saturated rings. The van der Waals surface area contributed by atoms with E-state index in [1.54, 1.807) is 38.1 Å². The number of hydrogen-bond donors (Lipinski definition) is 0. The van der Waals surface area contributed by atoms with Crippen molar-refractivity contribution in [2.24, 2.45) is 0 Å². The highest BCUT2D eigenvalue weighted by atomic mass is 16.5. The first-order valence-corrected chi connectivity index (χ1v) is 14.0. The molecule has 1 heterocycles. The molecule has 0 bridgehead atoms. The Bertz CT molecular complexity index is 1270. The SMILES string of the molecule is CCCCCCCCCCOc1ccc2c(=O)c3cc(C(=O)OCC)ccc3oc2c1CCC(=O)OCC. The lowest BCUT2D eigenvalue weighted by Crippen LogP contribution is -2.10. The predicted octanol–water partition coefficient (Wildman–Crippen LogP) is 7.14. The van der Waals surface area contributed by atoms with Gasteiger partial charge in [0.1, 0.15) is 16.9 Å². The van der Waals surface area contributed by atoms with Gasteiger partial charge in [-0.1, -0.05) is 51.9 Å². The Morgan fingerprint density at radius 3 is 2.24 bits per heavy atom. The van der Waals surface area contributed by atoms with Gasteiger partial charge < -0.3 is 18.6 Å². The Morgan fingerprint density at radius 2 is 1.53 bits per heavy atom. The summed E-state index contributed by atoms with van der Waals surface area (Å²) in [5.41, 5.74) is 1.46. The van der Waals surface area contributed by atoms with Crippen LogP contribution in [0.4, 0.5) is 0 Å². The zero-order valence-corrected chi connectivity index (χ0v) is 22.9. The minimum Gasteiger partial charge on any atom is -0.493 e. The smallest absolute Gasteiger partial charge is 0.338 e. The number of esters is 2. The van der Waals surface area contributed by atoms with Gasteiger partial charge >= 0.3 is 11.9 Å². The van der Waals surface area contributed by atoms with E-state index >= 15 is 0 Å². The molecule has 0 saturated carbocycles. The first kappa shape index (κ1) is 29.2. The number of fused-ring (bicyclic) bond motifs is 2. The number of carbonyl (C=O) groups is 2. The van der Waals surface area contributed by atoms with Crippen molar-refractivity contribution in [3.63, 3.8) is 0 Å². The van der Waals surface area contributed by atoms with Crippen LogP contribution in [-0.4, -0.2) is 31.8 Å². The number of unbranched alkanes of at least 4 members (excludes halogenated alkanes) is 7. The highest BCUT2D eigenvalue weighted by molar-refractivity contribution is 5.97. The molecule has 0 aliphatic heterocycles. The molecule has 7 nitrogen and oxygen atoms in total. The van der Waals surface area contributed by atoms with Crippen molar-refractivity contribution in [2.45, 2.75) is 85.0 Å². The Hall–Kier alpha value is -3.35. The summed E-state index contributed by atoms with van der Waals surface area (Å²) >= 11 is 0. The van der Waals surface area contributed by atoms with Crippen LogP contribution in [-0.2, 0) is 20.7 Å². The van der Waals surface area contributed by atoms with Crippen LogP contribution in [0.5, 0.6) is 5.75 Å². The Labute approximate surface area is 224 Å². The number of carbonyl (C=O) groups excluding carboxylic acids is 2. The van der Waals surface area contributed by atoms with Crippen LogP contribution in [0, 0.1) is 0 Å². The van der Waals surface area contributed by atoms with E-state index in [4.69, 9.17) is 18.6 Å². The van der Waals surface area contributed by atoms with Gasteiger partial charge in [-0.25, -0.2) is 4.79 Å². The molecule has 0 aliphatic carbocycles. The van der Waals surface area contributed by atoms with Crippen molar-refractivity contribution < 1.29 is 28.2 Å². The standard InChI is InChI=1S/C31H40O7/c1-4-7-8-9-10-11-12-13-20-37-26-18-15-24-29(33)25-21-22(31(34)36-6-3)14-17-27(25)38-30(24)23(26)16-19-28(32)35-5-2/h14-15,17-18,21H,4-13,16,19-20H2,1-3H3. The molecule has 3 rings (SSSR count). The highest BCUT2D eigenvalue weighted by Gasteiger charge is 2.18. The summed E-state index contributed by atoms with van der Waals surface area (Å²) in [5, 5.41) is 0.670. The van der Waals surface area contributed by atoms with Gasteiger partial charge in [-0.05, 0) is 57.0 Å². The quantitative estimate of drug-likeness (QED) is 0.112. The maximum atomic E-state index is 13.4. The molecule has 0 radical (unpaired) electrons. The van der Waals surface area contributed by atoms with E-state index in [0.717, 1.165) is 12.8 Å². The fourth-order valence-corrected chi connectivity index (χ4v) is 4.55. The molecule has 38 heavy (non-hydrogen) atoms. The van der Waals surface area contributed by atoms with Gasteiger partial charge in [0.15, 0.2) is 0 Å². The first-order chi connectivity index (χ1) is 18.5. The van der Waals surface area contributed by atoms with Gasteiger partial charge in [0.05, 0.1) is 36.2 Å². The molecular weight excluding hydrogens is 484 g/mol. The van der Waals surface area contributed by atoms with E-state index in [1.807, 2.05) is 0 Å². The normalized spacial score (nSPS) is 11.1. The summed E-state index contributed by atoms with van der Waals surface area (Å²) < 4.78 is 22.5. The summed E-state index contributed by atoms with van der Waals surface area (Å²) in [6.45, 7) is 6.82. The highest BCUT2D eigenvalue weighted by Crippen LogP contribution is 2.31. The van der Waals surface area contributed by atoms with Crippen molar-refractivity contribution >= 4 is 33.9 Å². The summed E-state index contributed by atoms with van der Waals surface area (Å²) in [4.78, 5) is 37.7. The summed E-state index contributed by atoms with van der Waals surface area (Å²) in [6.07, 6.45) is 10.1.